The summed E-state index contributed by atoms with van der Waals surface area (Å²) >= 11 is 6.34. The monoisotopic (exact) mass is 347 g/mol. The molecule has 0 bridgehead atoms. The van der Waals surface area contributed by atoms with Crippen LogP contribution in [0.2, 0.25) is 5.02 Å². The summed E-state index contributed by atoms with van der Waals surface area (Å²) in [6.07, 6.45) is 1.59. The lowest BCUT2D eigenvalue weighted by molar-refractivity contribution is 0.631. The fourth-order valence-electron chi connectivity index (χ4n) is 3.14. The molecule has 3 rings (SSSR count). The fourth-order valence-corrected chi connectivity index (χ4v) is 4.79. The standard InChI is InChI=1S/C17H18ClN3OS/c1-11-5-14-16(15(18)6-11)20-8-13(7-19)17(14)21-3-4-23(22)10-12(2)9-21/h5-6,8,12H,3-4,9-10H2,1-2H3. The molecule has 6 heteroatoms. The average Bonchev–Trinajstić information content (AvgIpc) is 2.66. The van der Waals surface area contributed by atoms with Crippen LogP contribution in [0.25, 0.3) is 10.9 Å². The number of hydrogen-bond acceptors (Lipinski definition) is 4. The number of nitriles is 1. The number of halogens is 1. The Bertz CT molecular complexity index is 831. The van der Waals surface area contributed by atoms with Gasteiger partial charge in [0, 0.05) is 47.0 Å². The molecule has 1 aliphatic heterocycles. The van der Waals surface area contributed by atoms with E-state index in [4.69, 9.17) is 11.6 Å². The Morgan fingerprint density at radius 2 is 2.26 bits per heavy atom. The summed E-state index contributed by atoms with van der Waals surface area (Å²) in [6.45, 7) is 5.54. The lowest BCUT2D eigenvalue weighted by Crippen LogP contribution is -2.30. The van der Waals surface area contributed by atoms with E-state index in [-0.39, 0.29) is 0 Å². The lowest BCUT2D eigenvalue weighted by Gasteiger charge is -2.27. The van der Waals surface area contributed by atoms with Gasteiger partial charge in [-0.1, -0.05) is 18.5 Å². The van der Waals surface area contributed by atoms with Crippen molar-refractivity contribution >= 4 is 39.0 Å². The van der Waals surface area contributed by atoms with Crippen molar-refractivity contribution in [2.24, 2.45) is 5.92 Å². The minimum absolute atomic E-state index is 0.313. The molecule has 0 spiro atoms. The zero-order chi connectivity index (χ0) is 16.6. The Hall–Kier alpha value is -1.64. The van der Waals surface area contributed by atoms with Crippen molar-refractivity contribution in [3.8, 4) is 6.07 Å². The first-order chi connectivity index (χ1) is 11.0. The molecule has 2 atom stereocenters. The highest BCUT2D eigenvalue weighted by Gasteiger charge is 2.23. The van der Waals surface area contributed by atoms with Crippen molar-refractivity contribution in [1.29, 1.82) is 5.26 Å². The molecule has 0 aliphatic carbocycles. The number of anilines is 1. The summed E-state index contributed by atoms with van der Waals surface area (Å²) in [5.74, 6) is 1.65. The smallest absolute Gasteiger partial charge is 0.103 e. The Balaban J connectivity index is 2.22. The van der Waals surface area contributed by atoms with Crippen LogP contribution in [0.15, 0.2) is 18.3 Å². The van der Waals surface area contributed by atoms with Gasteiger partial charge in [0.1, 0.15) is 6.07 Å². The second-order valence-electron chi connectivity index (χ2n) is 6.14. The van der Waals surface area contributed by atoms with E-state index in [0.717, 1.165) is 23.2 Å². The summed E-state index contributed by atoms with van der Waals surface area (Å²) in [5, 5.41) is 11.0. The highest BCUT2D eigenvalue weighted by Crippen LogP contribution is 2.34. The lowest BCUT2D eigenvalue weighted by atomic mass is 10.0. The molecule has 0 radical (unpaired) electrons. The zero-order valence-electron chi connectivity index (χ0n) is 13.2. The van der Waals surface area contributed by atoms with Crippen LogP contribution in [0.4, 0.5) is 5.69 Å². The van der Waals surface area contributed by atoms with E-state index in [9.17, 15) is 9.47 Å². The van der Waals surface area contributed by atoms with Crippen molar-refractivity contribution in [3.63, 3.8) is 0 Å². The molecule has 23 heavy (non-hydrogen) atoms. The molecule has 0 saturated carbocycles. The van der Waals surface area contributed by atoms with Gasteiger partial charge in [-0.2, -0.15) is 5.26 Å². The number of benzene rings is 1. The van der Waals surface area contributed by atoms with Crippen LogP contribution in [0.1, 0.15) is 18.1 Å². The maximum atomic E-state index is 12.0. The molecular formula is C17H18ClN3OS. The van der Waals surface area contributed by atoms with Crippen LogP contribution < -0.4 is 4.90 Å². The van der Waals surface area contributed by atoms with E-state index in [0.29, 0.717) is 40.1 Å². The van der Waals surface area contributed by atoms with Gasteiger partial charge in [-0.05, 0) is 30.5 Å². The number of nitrogens with zero attached hydrogens (tertiary/aromatic N) is 3. The average molecular weight is 348 g/mol. The first-order valence-corrected chi connectivity index (χ1v) is 9.45. The molecule has 0 amide bonds. The van der Waals surface area contributed by atoms with Gasteiger partial charge in [0.15, 0.2) is 0 Å². The number of fused-ring (bicyclic) bond motifs is 1. The van der Waals surface area contributed by atoms with Crippen LogP contribution in [0, 0.1) is 24.2 Å². The molecule has 0 N–H and O–H groups in total. The van der Waals surface area contributed by atoms with E-state index in [2.05, 4.69) is 22.9 Å². The largest absolute Gasteiger partial charge is 0.369 e. The van der Waals surface area contributed by atoms with Gasteiger partial charge < -0.3 is 4.90 Å². The molecule has 1 saturated heterocycles. The Morgan fingerprint density at radius 1 is 1.48 bits per heavy atom. The first-order valence-electron chi connectivity index (χ1n) is 7.58. The predicted molar refractivity (Wildman–Crippen MR) is 95.5 cm³/mol. The summed E-state index contributed by atoms with van der Waals surface area (Å²) in [6, 6.07) is 6.15. The number of aromatic nitrogens is 1. The van der Waals surface area contributed by atoms with Gasteiger partial charge in [0.05, 0.1) is 21.8 Å². The highest BCUT2D eigenvalue weighted by molar-refractivity contribution is 7.85. The van der Waals surface area contributed by atoms with Crippen molar-refractivity contribution in [1.82, 2.24) is 4.98 Å². The fraction of sp³-hybridized carbons (Fsp3) is 0.412. The molecule has 2 unspecified atom stereocenters. The third-order valence-electron chi connectivity index (χ3n) is 4.07. The van der Waals surface area contributed by atoms with Crippen LogP contribution in [0.5, 0.6) is 0 Å². The normalized spacial score (nSPS) is 21.9. The van der Waals surface area contributed by atoms with Crippen molar-refractivity contribution in [2.45, 2.75) is 13.8 Å². The maximum absolute atomic E-state index is 12.0. The molecule has 1 aromatic heterocycles. The SMILES string of the molecule is Cc1cc(Cl)c2ncc(C#N)c(N3CCS(=O)CC(C)C3)c2c1. The van der Waals surface area contributed by atoms with Crippen LogP contribution >= 0.6 is 11.6 Å². The molecule has 2 aromatic rings. The minimum Gasteiger partial charge on any atom is -0.369 e. The third kappa shape index (κ3) is 3.19. The number of pyridine rings is 1. The van der Waals surface area contributed by atoms with Crippen molar-refractivity contribution in [3.05, 3.63) is 34.5 Å². The predicted octanol–water partition coefficient (Wildman–Crippen LogP) is 3.27. The Kier molecular flexibility index (Phi) is 4.56. The van der Waals surface area contributed by atoms with Gasteiger partial charge >= 0.3 is 0 Å². The summed E-state index contributed by atoms with van der Waals surface area (Å²) in [4.78, 5) is 6.54. The number of hydrogen-bond donors (Lipinski definition) is 0. The van der Waals surface area contributed by atoms with Crippen LogP contribution in [-0.4, -0.2) is 33.8 Å². The van der Waals surface area contributed by atoms with E-state index in [1.54, 1.807) is 6.20 Å². The van der Waals surface area contributed by atoms with Gasteiger partial charge in [0.25, 0.3) is 0 Å². The van der Waals surface area contributed by atoms with E-state index in [1.807, 2.05) is 19.1 Å². The Labute approximate surface area is 143 Å². The minimum atomic E-state index is -0.799. The highest BCUT2D eigenvalue weighted by atomic mass is 35.5. The molecule has 2 heterocycles. The van der Waals surface area contributed by atoms with Crippen LogP contribution in [-0.2, 0) is 10.8 Å². The molecule has 4 nitrogen and oxygen atoms in total. The van der Waals surface area contributed by atoms with E-state index < -0.39 is 10.8 Å². The Morgan fingerprint density at radius 3 is 3.00 bits per heavy atom. The molecule has 1 fully saturated rings. The molecule has 120 valence electrons. The molecule has 1 aromatic carbocycles. The van der Waals surface area contributed by atoms with Gasteiger partial charge in [-0.25, -0.2) is 0 Å². The number of aryl methyl sites for hydroxylation is 1. The van der Waals surface area contributed by atoms with Crippen molar-refractivity contribution < 1.29 is 4.21 Å². The summed E-state index contributed by atoms with van der Waals surface area (Å²) in [5.41, 5.74) is 3.16. The summed E-state index contributed by atoms with van der Waals surface area (Å²) in [7, 11) is -0.799. The zero-order valence-corrected chi connectivity index (χ0v) is 14.7. The number of rotatable bonds is 1. The van der Waals surface area contributed by atoms with Crippen molar-refractivity contribution in [2.75, 3.05) is 29.5 Å². The third-order valence-corrected chi connectivity index (χ3v) is 5.94. The maximum Gasteiger partial charge on any atom is 0.103 e. The topological polar surface area (TPSA) is 57.0 Å². The van der Waals surface area contributed by atoms with E-state index in [1.165, 1.54) is 0 Å². The van der Waals surface area contributed by atoms with E-state index >= 15 is 0 Å². The second kappa shape index (κ2) is 6.46. The first kappa shape index (κ1) is 16.2. The van der Waals surface area contributed by atoms with Gasteiger partial charge in [-0.3, -0.25) is 9.19 Å². The summed E-state index contributed by atoms with van der Waals surface area (Å²) < 4.78 is 12.0. The van der Waals surface area contributed by atoms with Gasteiger partial charge in [0.2, 0.25) is 0 Å². The molecular weight excluding hydrogens is 330 g/mol. The second-order valence-corrected chi connectivity index (χ2v) is 8.17. The quantitative estimate of drug-likeness (QED) is 0.794. The van der Waals surface area contributed by atoms with Gasteiger partial charge in [-0.15, -0.1) is 0 Å². The molecule has 1 aliphatic rings. The van der Waals surface area contributed by atoms with Crippen LogP contribution in [0.3, 0.4) is 0 Å².